The normalized spacial score (nSPS) is 21.4. The Labute approximate surface area is 375 Å². The molecular formula is C54H82O8. The summed E-state index contributed by atoms with van der Waals surface area (Å²) in [6.45, 7) is 9.21. The van der Waals surface area contributed by atoms with Crippen molar-refractivity contribution in [2.24, 2.45) is 23.7 Å². The van der Waals surface area contributed by atoms with Crippen LogP contribution in [0.1, 0.15) is 180 Å². The Morgan fingerprint density at radius 3 is 1.21 bits per heavy atom. The summed E-state index contributed by atoms with van der Waals surface area (Å²) in [6.07, 6.45) is 32.2. The van der Waals surface area contributed by atoms with Crippen molar-refractivity contribution in [1.29, 1.82) is 0 Å². The molecule has 2 saturated carbocycles. The molecule has 2 aromatic carbocycles. The number of benzene rings is 2. The molecule has 0 amide bonds. The van der Waals surface area contributed by atoms with Crippen LogP contribution in [0.15, 0.2) is 72.8 Å². The van der Waals surface area contributed by atoms with E-state index in [1.807, 2.05) is 62.4 Å². The molecule has 0 aromatic heterocycles. The number of hydrogen-bond acceptors (Lipinski definition) is 6. The highest BCUT2D eigenvalue weighted by molar-refractivity contribution is 5.91. The fourth-order valence-electron chi connectivity index (χ4n) is 9.58. The summed E-state index contributed by atoms with van der Waals surface area (Å²) >= 11 is 0. The Balaban J connectivity index is 1.34. The first kappa shape index (κ1) is 51.0. The van der Waals surface area contributed by atoms with Gasteiger partial charge in [-0.3, -0.25) is 0 Å². The van der Waals surface area contributed by atoms with Crippen LogP contribution in [-0.2, 0) is 32.3 Å². The standard InChI is InChI=1S/C54H82O8/c1-5-9-13-17-43-21-25-45(26-22-43)19-15-39-59-49-33-29-47(30-34-49)41-61-53(51(55)56,37-11-7-3)54(52(57)58,38-12-8-4)62-42-48-31-35-50(36-32-48)60-40-16-20-46-27-23-44(24-28-46)18-14-10-6-2/h15-16,19-20,29-36,43-46H,5-14,17-18,21-28,37-42H2,1-4H3,(H,55,56)(H,57,58)/t43-,44-,45-,46-,53-,54-/m0/s1. The molecule has 0 aliphatic heterocycles. The maximum atomic E-state index is 13.5. The van der Waals surface area contributed by atoms with E-state index >= 15 is 0 Å². The van der Waals surface area contributed by atoms with Gasteiger partial charge in [-0.25, -0.2) is 9.59 Å². The van der Waals surface area contributed by atoms with Crippen molar-refractivity contribution >= 4 is 11.9 Å². The lowest BCUT2D eigenvalue weighted by Crippen LogP contribution is -2.66. The molecule has 0 spiro atoms. The highest BCUT2D eigenvalue weighted by Crippen LogP contribution is 2.42. The van der Waals surface area contributed by atoms with Crippen LogP contribution < -0.4 is 9.47 Å². The largest absolute Gasteiger partial charge is 0.490 e. The molecule has 346 valence electrons. The Bertz CT molecular complexity index is 1470. The summed E-state index contributed by atoms with van der Waals surface area (Å²) < 4.78 is 24.8. The van der Waals surface area contributed by atoms with E-state index in [0.717, 1.165) is 23.0 Å². The van der Waals surface area contributed by atoms with Crippen molar-refractivity contribution in [3.63, 3.8) is 0 Å². The molecule has 0 heterocycles. The van der Waals surface area contributed by atoms with Gasteiger partial charge in [-0.05, 0) is 123 Å². The third-order valence-electron chi connectivity index (χ3n) is 13.6. The van der Waals surface area contributed by atoms with Crippen LogP contribution in [0.3, 0.4) is 0 Å². The number of allylic oxidation sites excluding steroid dienone is 2. The molecule has 2 fully saturated rings. The number of carboxylic acid groups (broad SMARTS) is 2. The third kappa shape index (κ3) is 16.2. The zero-order valence-corrected chi connectivity index (χ0v) is 39.0. The monoisotopic (exact) mass is 859 g/mol. The van der Waals surface area contributed by atoms with Gasteiger partial charge in [-0.1, -0.05) is 153 Å². The smallest absolute Gasteiger partial charge is 0.339 e. The highest BCUT2D eigenvalue weighted by Gasteiger charge is 2.63. The second kappa shape index (κ2) is 28.2. The molecule has 2 aliphatic rings. The zero-order valence-electron chi connectivity index (χ0n) is 39.0. The van der Waals surface area contributed by atoms with Crippen LogP contribution in [0, 0.1) is 23.7 Å². The van der Waals surface area contributed by atoms with Gasteiger partial charge < -0.3 is 29.2 Å². The molecule has 4 rings (SSSR count). The van der Waals surface area contributed by atoms with E-state index in [1.54, 1.807) is 0 Å². The summed E-state index contributed by atoms with van der Waals surface area (Å²) in [5, 5.41) is 22.0. The number of unbranched alkanes of at least 4 members (excludes halogenated alkanes) is 6. The number of carboxylic acids is 2. The van der Waals surface area contributed by atoms with Crippen molar-refractivity contribution in [3.8, 4) is 11.5 Å². The van der Waals surface area contributed by atoms with Crippen LogP contribution in [0.4, 0.5) is 0 Å². The summed E-state index contributed by atoms with van der Waals surface area (Å²) in [4.78, 5) is 27.0. The third-order valence-corrected chi connectivity index (χ3v) is 13.6. The van der Waals surface area contributed by atoms with Gasteiger partial charge in [0, 0.05) is 0 Å². The minimum atomic E-state index is -2.14. The van der Waals surface area contributed by atoms with E-state index in [1.165, 1.54) is 103 Å². The quantitative estimate of drug-likeness (QED) is 0.0570. The molecule has 0 saturated heterocycles. The van der Waals surface area contributed by atoms with Gasteiger partial charge >= 0.3 is 11.9 Å². The lowest BCUT2D eigenvalue weighted by Gasteiger charge is -2.44. The Hall–Kier alpha value is -3.62. The summed E-state index contributed by atoms with van der Waals surface area (Å²) in [5.41, 5.74) is -2.84. The van der Waals surface area contributed by atoms with Gasteiger partial charge in [0.2, 0.25) is 11.2 Å². The zero-order chi connectivity index (χ0) is 44.5. The van der Waals surface area contributed by atoms with E-state index in [0.29, 0.717) is 62.2 Å². The van der Waals surface area contributed by atoms with E-state index < -0.39 is 23.1 Å². The van der Waals surface area contributed by atoms with Gasteiger partial charge in [-0.2, -0.15) is 0 Å². The van der Waals surface area contributed by atoms with Gasteiger partial charge in [0.05, 0.1) is 13.2 Å². The minimum absolute atomic E-state index is 0.0103. The van der Waals surface area contributed by atoms with Crippen LogP contribution in [-0.4, -0.2) is 46.6 Å². The SMILES string of the molecule is CCCCC[C@H]1CC[C@H](C=CCOc2ccc(CO[C@@](CCCC)(C(=O)O)[C@@](CCCC)(OCc3ccc(OCC=C[C@H]4CC[C@H](CCCCC)CC4)cc3)C(=O)O)cc2)CC1. The average Bonchev–Trinajstić information content (AvgIpc) is 3.29. The molecule has 8 nitrogen and oxygen atoms in total. The fourth-order valence-corrected chi connectivity index (χ4v) is 9.58. The molecule has 0 bridgehead atoms. The molecule has 0 radical (unpaired) electrons. The molecule has 62 heavy (non-hydrogen) atoms. The van der Waals surface area contributed by atoms with Crippen LogP contribution in [0.5, 0.6) is 11.5 Å². The van der Waals surface area contributed by atoms with Crippen LogP contribution in [0.25, 0.3) is 0 Å². The number of carbonyl (C=O) groups is 2. The predicted molar refractivity (Wildman–Crippen MR) is 251 cm³/mol. The van der Waals surface area contributed by atoms with Crippen molar-refractivity contribution in [2.45, 2.75) is 193 Å². The second-order valence-corrected chi connectivity index (χ2v) is 18.4. The molecule has 2 N–H and O–H groups in total. The van der Waals surface area contributed by atoms with E-state index in [4.69, 9.17) is 18.9 Å². The molecule has 2 aromatic rings. The lowest BCUT2D eigenvalue weighted by atomic mass is 9.75. The Morgan fingerprint density at radius 1 is 0.532 bits per heavy atom. The summed E-state index contributed by atoms with van der Waals surface area (Å²) in [5.74, 6) is 1.77. The number of ether oxygens (including phenoxy) is 4. The summed E-state index contributed by atoms with van der Waals surface area (Å²) in [7, 11) is 0. The first-order valence-corrected chi connectivity index (χ1v) is 24.7. The fraction of sp³-hybridized carbons (Fsp3) is 0.667. The maximum Gasteiger partial charge on any atom is 0.339 e. The molecule has 2 atom stereocenters. The van der Waals surface area contributed by atoms with Crippen molar-refractivity contribution in [1.82, 2.24) is 0 Å². The van der Waals surface area contributed by atoms with Crippen molar-refractivity contribution < 1.29 is 38.7 Å². The predicted octanol–water partition coefficient (Wildman–Crippen LogP) is 14.1. The first-order valence-electron chi connectivity index (χ1n) is 24.7. The number of hydrogen-bond donors (Lipinski definition) is 2. The van der Waals surface area contributed by atoms with Gasteiger partial charge in [-0.15, -0.1) is 0 Å². The van der Waals surface area contributed by atoms with Crippen molar-refractivity contribution in [3.05, 3.63) is 84.0 Å². The molecule has 0 unspecified atom stereocenters. The second-order valence-electron chi connectivity index (χ2n) is 18.4. The van der Waals surface area contributed by atoms with Crippen LogP contribution in [0.2, 0.25) is 0 Å². The average molecular weight is 859 g/mol. The van der Waals surface area contributed by atoms with Crippen molar-refractivity contribution in [2.75, 3.05) is 13.2 Å². The number of aliphatic carboxylic acids is 2. The minimum Gasteiger partial charge on any atom is -0.490 e. The van der Waals surface area contributed by atoms with E-state index in [2.05, 4.69) is 38.2 Å². The summed E-state index contributed by atoms with van der Waals surface area (Å²) in [6, 6.07) is 14.8. The van der Waals surface area contributed by atoms with E-state index in [-0.39, 0.29) is 26.1 Å². The van der Waals surface area contributed by atoms with Gasteiger partial charge in [0.25, 0.3) is 0 Å². The van der Waals surface area contributed by atoms with Gasteiger partial charge in [0.1, 0.15) is 24.7 Å². The van der Waals surface area contributed by atoms with Crippen LogP contribution >= 0.6 is 0 Å². The Morgan fingerprint density at radius 2 is 0.887 bits per heavy atom. The molecule has 8 heteroatoms. The topological polar surface area (TPSA) is 112 Å². The maximum absolute atomic E-state index is 13.5. The van der Waals surface area contributed by atoms with Gasteiger partial charge in [0.15, 0.2) is 0 Å². The number of rotatable bonds is 31. The lowest BCUT2D eigenvalue weighted by molar-refractivity contribution is -0.241. The molecular weight excluding hydrogens is 777 g/mol. The molecule has 2 aliphatic carbocycles. The Kier molecular flexibility index (Phi) is 23.2. The first-order chi connectivity index (χ1) is 30.2. The van der Waals surface area contributed by atoms with E-state index in [9.17, 15) is 19.8 Å². The highest BCUT2D eigenvalue weighted by atomic mass is 16.6.